The van der Waals surface area contributed by atoms with Gasteiger partial charge in [-0.25, -0.2) is 24.6 Å². The van der Waals surface area contributed by atoms with Crippen LogP contribution in [0.25, 0.3) is 11.2 Å². The minimum absolute atomic E-state index is 0.0242. The molecule has 4 aliphatic rings. The largest absolute Gasteiger partial charge is 0.373 e. The summed E-state index contributed by atoms with van der Waals surface area (Å²) in [6.45, 7) is 12.0. The molecule has 4 fully saturated rings. The van der Waals surface area contributed by atoms with E-state index in [4.69, 9.17) is 24.7 Å². The first-order valence-corrected chi connectivity index (χ1v) is 14.2. The zero-order valence-electron chi connectivity index (χ0n) is 23.5. The monoisotopic (exact) mass is 514 g/mol. The van der Waals surface area contributed by atoms with Crippen molar-refractivity contribution in [3.63, 3.8) is 0 Å². The Labute approximate surface area is 223 Å². The van der Waals surface area contributed by atoms with Crippen LogP contribution in [0.4, 0.5) is 0 Å². The van der Waals surface area contributed by atoms with E-state index in [1.807, 2.05) is 40.2 Å². The van der Waals surface area contributed by atoms with Crippen LogP contribution in [-0.2, 0) is 10.2 Å². The lowest BCUT2D eigenvalue weighted by Gasteiger charge is -2.83. The average molecular weight is 515 g/mol. The maximum Gasteiger partial charge on any atom is 0.268 e. The molecule has 3 aromatic heterocycles. The molecule has 0 spiro atoms. The molecule has 3 saturated carbocycles. The van der Waals surface area contributed by atoms with Crippen molar-refractivity contribution in [2.75, 3.05) is 25.7 Å². The van der Waals surface area contributed by atoms with Crippen LogP contribution in [0.15, 0.2) is 23.1 Å². The summed E-state index contributed by atoms with van der Waals surface area (Å²) >= 11 is 0. The van der Waals surface area contributed by atoms with Gasteiger partial charge in [0, 0.05) is 44.3 Å². The lowest BCUT2D eigenvalue weighted by atomic mass is 9.20. The van der Waals surface area contributed by atoms with Gasteiger partial charge in [-0.3, -0.25) is 4.79 Å². The molecule has 8 nitrogen and oxygen atoms in total. The topological polar surface area (TPSA) is 86.0 Å². The maximum atomic E-state index is 12.3. The van der Waals surface area contributed by atoms with Crippen LogP contribution in [0.1, 0.15) is 74.1 Å². The molecule has 1 saturated heterocycles. The Bertz CT molecular complexity index is 1490. The molecule has 3 aromatic rings. The van der Waals surface area contributed by atoms with E-state index in [1.54, 1.807) is 15.8 Å². The van der Waals surface area contributed by atoms with Gasteiger partial charge in [0.05, 0.1) is 23.2 Å². The van der Waals surface area contributed by atoms with E-state index in [9.17, 15) is 4.79 Å². The highest BCUT2D eigenvalue weighted by molar-refractivity contribution is 5.75. The van der Waals surface area contributed by atoms with Crippen LogP contribution < -0.4 is 10.6 Å². The summed E-state index contributed by atoms with van der Waals surface area (Å²) in [7, 11) is 3.73. The number of aryl methyl sites for hydroxylation is 2. The highest BCUT2D eigenvalue weighted by Gasteiger charge is 2.80. The van der Waals surface area contributed by atoms with Crippen molar-refractivity contribution in [2.24, 2.45) is 35.5 Å². The predicted octanol–water partition coefficient (Wildman–Crippen LogP) is 4.07. The van der Waals surface area contributed by atoms with Crippen LogP contribution in [-0.4, -0.2) is 45.3 Å². The van der Waals surface area contributed by atoms with Gasteiger partial charge in [-0.05, 0) is 73.8 Å². The minimum Gasteiger partial charge on any atom is -0.373 e. The molecule has 0 radical (unpaired) electrons. The Hall–Kier alpha value is -2.87. The summed E-state index contributed by atoms with van der Waals surface area (Å²) in [4.78, 5) is 32.7. The summed E-state index contributed by atoms with van der Waals surface area (Å²) in [6.07, 6.45) is 3.42. The SMILES string of the molecule is Cc1nc2nc(C3CCOC(c4ccc(=O)n(N(C)C)c4)C3)nc(C3(C)C4C(C)C5C(C)C3C54)c2nc1C. The van der Waals surface area contributed by atoms with E-state index in [1.165, 1.54) is 0 Å². The smallest absolute Gasteiger partial charge is 0.268 e. The zero-order chi connectivity index (χ0) is 26.7. The Morgan fingerprint density at radius 2 is 1.71 bits per heavy atom. The quantitative estimate of drug-likeness (QED) is 0.519. The molecular weight excluding hydrogens is 476 g/mol. The minimum atomic E-state index is -0.114. The van der Waals surface area contributed by atoms with Gasteiger partial charge in [0.2, 0.25) is 0 Å². The van der Waals surface area contributed by atoms with Gasteiger partial charge < -0.3 is 9.75 Å². The molecule has 7 rings (SSSR count). The fourth-order valence-corrected chi connectivity index (χ4v) is 9.03. The Kier molecular flexibility index (Phi) is 5.14. The number of ether oxygens (including phenoxy) is 1. The number of aromatic nitrogens is 5. The Morgan fingerprint density at radius 3 is 2.39 bits per heavy atom. The third kappa shape index (κ3) is 3.04. The van der Waals surface area contributed by atoms with Crippen molar-refractivity contribution in [1.82, 2.24) is 24.6 Å². The lowest BCUT2D eigenvalue weighted by Crippen LogP contribution is -2.82. The fraction of sp³-hybridized carbons (Fsp3) is 0.633. The molecule has 6 unspecified atom stereocenters. The van der Waals surface area contributed by atoms with Crippen molar-refractivity contribution in [3.8, 4) is 0 Å². The van der Waals surface area contributed by atoms with Gasteiger partial charge in [0.25, 0.3) is 5.56 Å². The van der Waals surface area contributed by atoms with Crippen molar-refractivity contribution in [2.45, 2.75) is 64.9 Å². The highest BCUT2D eigenvalue weighted by Crippen LogP contribution is 2.82. The molecule has 0 amide bonds. The number of rotatable bonds is 4. The molecule has 3 aliphatic carbocycles. The normalized spacial score (nSPS) is 37.1. The van der Waals surface area contributed by atoms with E-state index < -0.39 is 0 Å². The second kappa shape index (κ2) is 8.07. The van der Waals surface area contributed by atoms with E-state index in [0.29, 0.717) is 18.4 Å². The van der Waals surface area contributed by atoms with Crippen LogP contribution in [0.5, 0.6) is 0 Å². The second-order valence-electron chi connectivity index (χ2n) is 12.8. The van der Waals surface area contributed by atoms with Gasteiger partial charge in [-0.2, -0.15) is 0 Å². The first-order valence-electron chi connectivity index (χ1n) is 14.2. The Morgan fingerprint density at radius 1 is 1.00 bits per heavy atom. The number of fused-ring (bicyclic) bond motifs is 1. The lowest BCUT2D eigenvalue weighted by molar-refractivity contribution is -0.337. The molecule has 4 heterocycles. The number of hydrogen-bond acceptors (Lipinski definition) is 7. The van der Waals surface area contributed by atoms with Gasteiger partial charge in [0.15, 0.2) is 5.65 Å². The summed E-state index contributed by atoms with van der Waals surface area (Å²) in [5.41, 5.74) is 5.61. The number of hydrogen-bond donors (Lipinski definition) is 0. The van der Waals surface area contributed by atoms with Crippen molar-refractivity contribution < 1.29 is 4.74 Å². The number of pyridine rings is 1. The molecule has 0 N–H and O–H groups in total. The van der Waals surface area contributed by atoms with Gasteiger partial charge in [-0.1, -0.05) is 20.8 Å². The van der Waals surface area contributed by atoms with Crippen LogP contribution in [0.2, 0.25) is 0 Å². The molecule has 200 valence electrons. The van der Waals surface area contributed by atoms with Gasteiger partial charge in [-0.15, -0.1) is 0 Å². The molecule has 38 heavy (non-hydrogen) atoms. The van der Waals surface area contributed by atoms with Gasteiger partial charge in [0.1, 0.15) is 11.3 Å². The second-order valence-corrected chi connectivity index (χ2v) is 12.8. The van der Waals surface area contributed by atoms with Crippen molar-refractivity contribution in [3.05, 3.63) is 57.2 Å². The molecule has 0 aromatic carbocycles. The summed E-state index contributed by atoms with van der Waals surface area (Å²) in [6, 6.07) is 3.51. The summed E-state index contributed by atoms with van der Waals surface area (Å²) < 4.78 is 7.84. The summed E-state index contributed by atoms with van der Waals surface area (Å²) in [5.74, 6) is 5.61. The molecule has 0 bridgehead atoms. The van der Waals surface area contributed by atoms with E-state index >= 15 is 0 Å². The van der Waals surface area contributed by atoms with Crippen molar-refractivity contribution in [1.29, 1.82) is 0 Å². The predicted molar refractivity (Wildman–Crippen MR) is 146 cm³/mol. The molecular formula is C30H38N6O2. The zero-order valence-corrected chi connectivity index (χ0v) is 23.5. The first kappa shape index (κ1) is 24.2. The number of nitrogens with zero attached hydrogens (tertiary/aromatic N) is 6. The van der Waals surface area contributed by atoms with Crippen molar-refractivity contribution >= 4 is 11.2 Å². The molecule has 1 aliphatic heterocycles. The molecule has 6 atom stereocenters. The van der Waals surface area contributed by atoms with E-state index in [-0.39, 0.29) is 23.0 Å². The first-order chi connectivity index (χ1) is 18.1. The van der Waals surface area contributed by atoms with Crippen LogP contribution in [0, 0.1) is 49.4 Å². The van der Waals surface area contributed by atoms with Crippen LogP contribution in [0.3, 0.4) is 0 Å². The standard InChI is InChI=1S/C30H38N6O2/c1-14-22-15(2)25-23(22)24(14)30(25,5)27-26-29(32-17(4)16(3)31-26)34-28(33-27)18-10-11-38-20(12-18)19-8-9-21(37)36(13-19)35(6)7/h8-9,13-15,18,20,22-25H,10-12H2,1-7H3. The van der Waals surface area contributed by atoms with E-state index in [0.717, 1.165) is 76.1 Å². The Balaban J connectivity index is 1.30. The average Bonchev–Trinajstić information content (AvgIpc) is 2.87. The third-order valence-electron chi connectivity index (χ3n) is 10.8. The van der Waals surface area contributed by atoms with Gasteiger partial charge >= 0.3 is 0 Å². The molecule has 8 heteroatoms. The van der Waals surface area contributed by atoms with E-state index in [2.05, 4.69) is 20.8 Å². The van der Waals surface area contributed by atoms with Crippen LogP contribution >= 0.6 is 0 Å². The maximum absolute atomic E-state index is 12.3. The third-order valence-corrected chi connectivity index (χ3v) is 10.8. The fourth-order valence-electron chi connectivity index (χ4n) is 9.03. The highest BCUT2D eigenvalue weighted by atomic mass is 16.5. The summed E-state index contributed by atoms with van der Waals surface area (Å²) in [5, 5.41) is 1.79.